The average Bonchev–Trinajstić information content (AvgIpc) is 2.47. The number of phenolic OH excluding ortho intramolecular Hbond substituents is 1. The van der Waals surface area contributed by atoms with Crippen LogP contribution in [0.25, 0.3) is 0 Å². The quantitative estimate of drug-likeness (QED) is 0.818. The van der Waals surface area contributed by atoms with Crippen molar-refractivity contribution < 1.29 is 14.6 Å². The lowest BCUT2D eigenvalue weighted by Gasteiger charge is -2.10. The fraction of sp³-hybridized carbons (Fsp3) is 0.200. The smallest absolute Gasteiger partial charge is 0.341 e. The number of rotatable bonds is 5. The lowest BCUT2D eigenvalue weighted by atomic mass is 10.2. The molecule has 2 aromatic rings. The van der Waals surface area contributed by atoms with E-state index in [2.05, 4.69) is 10.3 Å². The number of anilines is 1. The fourth-order valence-electron chi connectivity index (χ4n) is 1.72. The third kappa shape index (κ3) is 3.47. The molecule has 0 aliphatic heterocycles. The number of carbonyl (C=O) groups excluding carboxylic acids is 1. The van der Waals surface area contributed by atoms with E-state index in [9.17, 15) is 9.90 Å². The van der Waals surface area contributed by atoms with Crippen LogP contribution in [0.15, 0.2) is 42.6 Å². The Bertz CT molecular complexity index is 582. The number of aromatic hydroxyl groups is 1. The highest BCUT2D eigenvalue weighted by Gasteiger charge is 2.12. The van der Waals surface area contributed by atoms with Crippen LogP contribution in [0.3, 0.4) is 0 Å². The van der Waals surface area contributed by atoms with Crippen molar-refractivity contribution in [1.82, 2.24) is 4.98 Å². The van der Waals surface area contributed by atoms with Crippen molar-refractivity contribution in [2.75, 3.05) is 11.9 Å². The maximum absolute atomic E-state index is 11.8. The SMILES string of the molecule is CCOC(=O)c1cccnc1NCc1ccc(O)cc1. The number of esters is 1. The Kier molecular flexibility index (Phi) is 4.55. The average molecular weight is 272 g/mol. The topological polar surface area (TPSA) is 71.5 Å². The van der Waals surface area contributed by atoms with E-state index in [0.29, 0.717) is 24.5 Å². The molecule has 1 heterocycles. The number of carbonyl (C=O) groups is 1. The highest BCUT2D eigenvalue weighted by Crippen LogP contribution is 2.15. The van der Waals surface area contributed by atoms with Crippen molar-refractivity contribution in [3.8, 4) is 5.75 Å². The molecule has 2 rings (SSSR count). The lowest BCUT2D eigenvalue weighted by molar-refractivity contribution is 0.0527. The molecular formula is C15H16N2O3. The van der Waals surface area contributed by atoms with E-state index >= 15 is 0 Å². The Balaban J connectivity index is 2.09. The second-order valence-electron chi connectivity index (χ2n) is 4.14. The second kappa shape index (κ2) is 6.56. The molecule has 5 heteroatoms. The Morgan fingerprint density at radius 1 is 1.30 bits per heavy atom. The van der Waals surface area contributed by atoms with Crippen molar-refractivity contribution in [3.05, 3.63) is 53.7 Å². The zero-order valence-corrected chi connectivity index (χ0v) is 11.2. The van der Waals surface area contributed by atoms with Crippen LogP contribution in [-0.4, -0.2) is 22.7 Å². The fourth-order valence-corrected chi connectivity index (χ4v) is 1.72. The predicted molar refractivity (Wildman–Crippen MR) is 75.6 cm³/mol. The van der Waals surface area contributed by atoms with E-state index in [1.165, 1.54) is 0 Å². The Morgan fingerprint density at radius 3 is 2.75 bits per heavy atom. The van der Waals surface area contributed by atoms with Crippen LogP contribution in [0, 0.1) is 0 Å². The molecular weight excluding hydrogens is 256 g/mol. The molecule has 104 valence electrons. The number of nitrogens with zero attached hydrogens (tertiary/aromatic N) is 1. The van der Waals surface area contributed by atoms with Crippen LogP contribution in [0.5, 0.6) is 5.75 Å². The third-order valence-electron chi connectivity index (χ3n) is 2.70. The molecule has 0 spiro atoms. The second-order valence-corrected chi connectivity index (χ2v) is 4.14. The van der Waals surface area contributed by atoms with Gasteiger partial charge < -0.3 is 15.2 Å². The van der Waals surface area contributed by atoms with Gasteiger partial charge in [-0.1, -0.05) is 12.1 Å². The standard InChI is InChI=1S/C15H16N2O3/c1-2-20-15(19)13-4-3-9-16-14(13)17-10-11-5-7-12(18)8-6-11/h3-9,18H,2,10H2,1H3,(H,16,17). The van der Waals surface area contributed by atoms with Gasteiger partial charge in [-0.15, -0.1) is 0 Å². The number of phenols is 1. The maximum Gasteiger partial charge on any atom is 0.341 e. The number of nitrogens with one attached hydrogen (secondary N) is 1. The molecule has 0 unspecified atom stereocenters. The van der Waals surface area contributed by atoms with Gasteiger partial charge in [0.1, 0.15) is 17.1 Å². The number of aromatic nitrogens is 1. The van der Waals surface area contributed by atoms with Gasteiger partial charge in [0, 0.05) is 12.7 Å². The first-order valence-corrected chi connectivity index (χ1v) is 6.34. The molecule has 0 radical (unpaired) electrons. The number of hydrogen-bond acceptors (Lipinski definition) is 5. The number of ether oxygens (including phenoxy) is 1. The molecule has 0 atom stereocenters. The number of pyridine rings is 1. The van der Waals surface area contributed by atoms with Gasteiger partial charge in [-0.05, 0) is 36.8 Å². The molecule has 20 heavy (non-hydrogen) atoms. The van der Waals surface area contributed by atoms with Crippen molar-refractivity contribution >= 4 is 11.8 Å². The summed E-state index contributed by atoms with van der Waals surface area (Å²) in [6.45, 7) is 2.59. The molecule has 0 aliphatic carbocycles. The number of benzene rings is 1. The summed E-state index contributed by atoms with van der Waals surface area (Å²) >= 11 is 0. The maximum atomic E-state index is 11.8. The van der Waals surface area contributed by atoms with Gasteiger partial charge in [-0.3, -0.25) is 0 Å². The van der Waals surface area contributed by atoms with Crippen molar-refractivity contribution in [1.29, 1.82) is 0 Å². The highest BCUT2D eigenvalue weighted by atomic mass is 16.5. The molecule has 1 aromatic carbocycles. The van der Waals surface area contributed by atoms with Gasteiger partial charge >= 0.3 is 5.97 Å². The highest BCUT2D eigenvalue weighted by molar-refractivity contribution is 5.94. The van der Waals surface area contributed by atoms with Gasteiger partial charge in [0.15, 0.2) is 0 Å². The van der Waals surface area contributed by atoms with Crippen LogP contribution in [-0.2, 0) is 11.3 Å². The van der Waals surface area contributed by atoms with Gasteiger partial charge in [0.2, 0.25) is 0 Å². The van der Waals surface area contributed by atoms with Gasteiger partial charge in [0.05, 0.1) is 6.61 Å². The first kappa shape index (κ1) is 13.9. The van der Waals surface area contributed by atoms with Crippen LogP contribution in [0.4, 0.5) is 5.82 Å². The van der Waals surface area contributed by atoms with E-state index in [4.69, 9.17) is 4.74 Å². The molecule has 1 aromatic heterocycles. The van der Waals surface area contributed by atoms with E-state index < -0.39 is 5.97 Å². The molecule has 0 bridgehead atoms. The normalized spacial score (nSPS) is 10.1. The molecule has 2 N–H and O–H groups in total. The third-order valence-corrected chi connectivity index (χ3v) is 2.70. The minimum Gasteiger partial charge on any atom is -0.508 e. The molecule has 0 saturated carbocycles. The minimum absolute atomic E-state index is 0.221. The molecule has 5 nitrogen and oxygen atoms in total. The molecule has 0 amide bonds. The van der Waals surface area contributed by atoms with E-state index in [-0.39, 0.29) is 5.75 Å². The van der Waals surface area contributed by atoms with Gasteiger partial charge in [0.25, 0.3) is 0 Å². The summed E-state index contributed by atoms with van der Waals surface area (Å²) in [7, 11) is 0. The van der Waals surface area contributed by atoms with Crippen LogP contribution >= 0.6 is 0 Å². The summed E-state index contributed by atoms with van der Waals surface area (Å²) in [6, 6.07) is 10.2. The van der Waals surface area contributed by atoms with Crippen molar-refractivity contribution in [3.63, 3.8) is 0 Å². The first-order chi connectivity index (χ1) is 9.70. The summed E-state index contributed by atoms with van der Waals surface area (Å²) in [5.41, 5.74) is 1.39. The van der Waals surface area contributed by atoms with Crippen LogP contribution in [0.1, 0.15) is 22.8 Å². The monoisotopic (exact) mass is 272 g/mol. The van der Waals surface area contributed by atoms with Crippen LogP contribution < -0.4 is 5.32 Å². The lowest BCUT2D eigenvalue weighted by Crippen LogP contribution is -2.11. The van der Waals surface area contributed by atoms with Crippen LogP contribution in [0.2, 0.25) is 0 Å². The van der Waals surface area contributed by atoms with E-state index in [0.717, 1.165) is 5.56 Å². The molecule has 0 saturated heterocycles. The first-order valence-electron chi connectivity index (χ1n) is 6.34. The van der Waals surface area contributed by atoms with E-state index in [1.807, 2.05) is 0 Å². The number of hydrogen-bond donors (Lipinski definition) is 2. The summed E-state index contributed by atoms with van der Waals surface area (Å²) in [6.07, 6.45) is 1.61. The zero-order valence-electron chi connectivity index (χ0n) is 11.2. The van der Waals surface area contributed by atoms with Crippen molar-refractivity contribution in [2.45, 2.75) is 13.5 Å². The zero-order chi connectivity index (χ0) is 14.4. The van der Waals surface area contributed by atoms with Gasteiger partial charge in [-0.2, -0.15) is 0 Å². The molecule has 0 fully saturated rings. The molecule has 0 aliphatic rings. The van der Waals surface area contributed by atoms with Crippen molar-refractivity contribution in [2.24, 2.45) is 0 Å². The summed E-state index contributed by atoms with van der Waals surface area (Å²) < 4.78 is 4.98. The Hall–Kier alpha value is -2.56. The minimum atomic E-state index is -0.395. The Morgan fingerprint density at radius 2 is 2.05 bits per heavy atom. The predicted octanol–water partition coefficient (Wildman–Crippen LogP) is 2.58. The summed E-state index contributed by atoms with van der Waals surface area (Å²) in [4.78, 5) is 15.9. The largest absolute Gasteiger partial charge is 0.508 e. The summed E-state index contributed by atoms with van der Waals surface area (Å²) in [5.74, 6) is 0.312. The Labute approximate surface area is 117 Å². The summed E-state index contributed by atoms with van der Waals surface area (Å²) in [5, 5.41) is 12.3. The van der Waals surface area contributed by atoms with E-state index in [1.54, 1.807) is 49.5 Å². The van der Waals surface area contributed by atoms with Gasteiger partial charge in [-0.25, -0.2) is 9.78 Å².